The first kappa shape index (κ1) is 20.4. The highest BCUT2D eigenvalue weighted by Crippen LogP contribution is 2.18. The van der Waals surface area contributed by atoms with E-state index in [1.165, 1.54) is 6.92 Å². The molecule has 1 N–H and O–H groups in total. The summed E-state index contributed by atoms with van der Waals surface area (Å²) in [7, 11) is 0. The van der Waals surface area contributed by atoms with Crippen molar-refractivity contribution >= 4 is 28.7 Å². The average Bonchev–Trinajstić information content (AvgIpc) is 3.15. The number of hydrogen-bond donors (Lipinski definition) is 1. The predicted octanol–water partition coefficient (Wildman–Crippen LogP) is 3.60. The molecule has 1 amide bonds. The number of carbonyl (C=O) groups is 2. The van der Waals surface area contributed by atoms with Gasteiger partial charge in [-0.2, -0.15) is 5.10 Å². The molecule has 0 saturated carbocycles. The molecule has 29 heavy (non-hydrogen) atoms. The molecule has 0 fully saturated rings. The number of nitrogens with zero attached hydrogens (tertiary/aromatic N) is 4. The van der Waals surface area contributed by atoms with Crippen LogP contribution in [0.5, 0.6) is 0 Å². The second kappa shape index (κ2) is 8.38. The van der Waals surface area contributed by atoms with Crippen molar-refractivity contribution in [2.45, 2.75) is 53.2 Å². The molecule has 0 aliphatic carbocycles. The lowest BCUT2D eigenvalue weighted by atomic mass is 10.2. The number of anilines is 1. The van der Waals surface area contributed by atoms with Crippen molar-refractivity contribution in [3.63, 3.8) is 0 Å². The summed E-state index contributed by atoms with van der Waals surface area (Å²) in [6.07, 6.45) is 1.53. The summed E-state index contributed by atoms with van der Waals surface area (Å²) in [6.45, 7) is 9.34. The van der Waals surface area contributed by atoms with Gasteiger partial charge in [-0.25, -0.2) is 19.4 Å². The monoisotopic (exact) mass is 395 g/mol. The number of carbonyl (C=O) groups excluding carboxylic acids is 2. The summed E-state index contributed by atoms with van der Waals surface area (Å²) in [5.74, 6) is -0.445. The maximum absolute atomic E-state index is 12.5. The fourth-order valence-corrected chi connectivity index (χ4v) is 2.81. The van der Waals surface area contributed by atoms with E-state index < -0.39 is 18.0 Å². The molecule has 152 valence electrons. The van der Waals surface area contributed by atoms with Gasteiger partial charge in [0.05, 0.1) is 40.2 Å². The third-order valence-corrected chi connectivity index (χ3v) is 4.89. The SMILES string of the molecule is CC[C@H](C)n1nccc1NC(=O)[C@@H](C)OC(=O)c1ccc2nc(C)c(C)nc2c1. The summed E-state index contributed by atoms with van der Waals surface area (Å²) in [5.41, 5.74) is 3.27. The Labute approximate surface area is 169 Å². The summed E-state index contributed by atoms with van der Waals surface area (Å²) in [6, 6.07) is 6.83. The van der Waals surface area contributed by atoms with Crippen LogP contribution in [-0.4, -0.2) is 37.7 Å². The van der Waals surface area contributed by atoms with E-state index in [-0.39, 0.29) is 6.04 Å². The van der Waals surface area contributed by atoms with Gasteiger partial charge in [-0.1, -0.05) is 6.92 Å². The van der Waals surface area contributed by atoms with E-state index in [1.54, 1.807) is 35.1 Å². The number of benzene rings is 1. The van der Waals surface area contributed by atoms with Crippen molar-refractivity contribution in [1.29, 1.82) is 0 Å². The van der Waals surface area contributed by atoms with Crippen molar-refractivity contribution in [3.8, 4) is 0 Å². The van der Waals surface area contributed by atoms with Crippen LogP contribution >= 0.6 is 0 Å². The topological polar surface area (TPSA) is 99.0 Å². The number of esters is 1. The molecule has 2 atom stereocenters. The van der Waals surface area contributed by atoms with Crippen molar-refractivity contribution in [3.05, 3.63) is 47.4 Å². The number of amides is 1. The van der Waals surface area contributed by atoms with E-state index in [0.29, 0.717) is 22.4 Å². The smallest absolute Gasteiger partial charge is 0.338 e. The van der Waals surface area contributed by atoms with E-state index >= 15 is 0 Å². The van der Waals surface area contributed by atoms with Gasteiger partial charge >= 0.3 is 5.97 Å². The van der Waals surface area contributed by atoms with Gasteiger partial charge in [0.1, 0.15) is 5.82 Å². The molecule has 3 aromatic rings. The Hall–Kier alpha value is -3.29. The lowest BCUT2D eigenvalue weighted by molar-refractivity contribution is -0.123. The van der Waals surface area contributed by atoms with Crippen LogP contribution in [0, 0.1) is 13.8 Å². The second-order valence-corrected chi connectivity index (χ2v) is 7.05. The molecule has 8 nitrogen and oxygen atoms in total. The maximum Gasteiger partial charge on any atom is 0.338 e. The molecular weight excluding hydrogens is 370 g/mol. The summed E-state index contributed by atoms with van der Waals surface area (Å²) < 4.78 is 7.08. The Bertz CT molecular complexity index is 1060. The van der Waals surface area contributed by atoms with E-state index in [0.717, 1.165) is 17.8 Å². The van der Waals surface area contributed by atoms with Gasteiger partial charge in [0.2, 0.25) is 0 Å². The first-order chi connectivity index (χ1) is 13.8. The van der Waals surface area contributed by atoms with Gasteiger partial charge < -0.3 is 10.1 Å². The lowest BCUT2D eigenvalue weighted by Gasteiger charge is -2.17. The molecule has 3 rings (SSSR count). The van der Waals surface area contributed by atoms with E-state index in [4.69, 9.17) is 4.74 Å². The van der Waals surface area contributed by atoms with Gasteiger partial charge in [0.25, 0.3) is 5.91 Å². The van der Waals surface area contributed by atoms with Gasteiger partial charge in [-0.3, -0.25) is 4.79 Å². The number of rotatable bonds is 6. The zero-order valence-electron chi connectivity index (χ0n) is 17.3. The highest BCUT2D eigenvalue weighted by atomic mass is 16.5. The number of aromatic nitrogens is 4. The molecule has 8 heteroatoms. The number of ether oxygens (including phenoxy) is 1. The molecule has 0 saturated heterocycles. The normalized spacial score (nSPS) is 13.1. The van der Waals surface area contributed by atoms with Gasteiger partial charge in [-0.05, 0) is 52.3 Å². The summed E-state index contributed by atoms with van der Waals surface area (Å²) in [4.78, 5) is 33.9. The average molecular weight is 395 g/mol. The third kappa shape index (κ3) is 4.42. The molecule has 0 aliphatic rings. The van der Waals surface area contributed by atoms with Crippen LogP contribution in [-0.2, 0) is 9.53 Å². The molecule has 0 bridgehead atoms. The molecule has 0 spiro atoms. The Kier molecular flexibility index (Phi) is 5.91. The van der Waals surface area contributed by atoms with Crippen molar-refractivity contribution in [2.24, 2.45) is 0 Å². The van der Waals surface area contributed by atoms with E-state index in [1.807, 2.05) is 27.7 Å². The van der Waals surface area contributed by atoms with Crippen LogP contribution in [0.15, 0.2) is 30.5 Å². The minimum Gasteiger partial charge on any atom is -0.449 e. The maximum atomic E-state index is 12.5. The number of fused-ring (bicyclic) bond motifs is 1. The molecule has 0 radical (unpaired) electrons. The molecular formula is C21H25N5O3. The van der Waals surface area contributed by atoms with E-state index in [9.17, 15) is 9.59 Å². The quantitative estimate of drug-likeness (QED) is 0.640. The first-order valence-corrected chi connectivity index (χ1v) is 9.60. The molecule has 2 aromatic heterocycles. The van der Waals surface area contributed by atoms with Crippen LogP contribution in [0.4, 0.5) is 5.82 Å². The highest BCUT2D eigenvalue weighted by molar-refractivity contribution is 5.98. The van der Waals surface area contributed by atoms with Crippen LogP contribution in [0.1, 0.15) is 55.0 Å². The lowest BCUT2D eigenvalue weighted by Crippen LogP contribution is -2.31. The minimum atomic E-state index is -0.968. The number of aryl methyl sites for hydroxylation is 2. The summed E-state index contributed by atoms with van der Waals surface area (Å²) >= 11 is 0. The fourth-order valence-electron chi connectivity index (χ4n) is 2.81. The molecule has 0 unspecified atom stereocenters. The van der Waals surface area contributed by atoms with Gasteiger partial charge in [-0.15, -0.1) is 0 Å². The van der Waals surface area contributed by atoms with E-state index in [2.05, 4.69) is 20.4 Å². The zero-order chi connectivity index (χ0) is 21.1. The minimum absolute atomic E-state index is 0.143. The molecule has 2 heterocycles. The standard InChI is InChI=1S/C21H25N5O3/c1-6-12(2)26-19(9-10-22-26)25-20(27)15(5)29-21(28)16-7-8-17-18(11-16)24-14(4)13(3)23-17/h7-12,15H,6H2,1-5H3,(H,25,27)/t12-,15+/m0/s1. The van der Waals surface area contributed by atoms with Gasteiger partial charge in [0, 0.05) is 6.07 Å². The van der Waals surface area contributed by atoms with Crippen LogP contribution < -0.4 is 5.32 Å². The fraction of sp³-hybridized carbons (Fsp3) is 0.381. The molecule has 1 aromatic carbocycles. The van der Waals surface area contributed by atoms with Crippen molar-refractivity contribution < 1.29 is 14.3 Å². The van der Waals surface area contributed by atoms with Crippen LogP contribution in [0.25, 0.3) is 11.0 Å². The second-order valence-electron chi connectivity index (χ2n) is 7.05. The third-order valence-electron chi connectivity index (χ3n) is 4.89. The zero-order valence-corrected chi connectivity index (χ0v) is 17.3. The van der Waals surface area contributed by atoms with Crippen molar-refractivity contribution in [2.75, 3.05) is 5.32 Å². The Morgan fingerprint density at radius 1 is 1.10 bits per heavy atom. The summed E-state index contributed by atoms with van der Waals surface area (Å²) in [5, 5.41) is 7.00. The van der Waals surface area contributed by atoms with Crippen LogP contribution in [0.2, 0.25) is 0 Å². The van der Waals surface area contributed by atoms with Gasteiger partial charge in [0.15, 0.2) is 6.10 Å². The Morgan fingerprint density at radius 3 is 2.48 bits per heavy atom. The largest absolute Gasteiger partial charge is 0.449 e. The Morgan fingerprint density at radius 2 is 1.79 bits per heavy atom. The molecule has 0 aliphatic heterocycles. The van der Waals surface area contributed by atoms with Crippen LogP contribution in [0.3, 0.4) is 0 Å². The first-order valence-electron chi connectivity index (χ1n) is 9.60. The van der Waals surface area contributed by atoms with Crippen molar-refractivity contribution in [1.82, 2.24) is 19.7 Å². The highest BCUT2D eigenvalue weighted by Gasteiger charge is 2.21. The Balaban J connectivity index is 1.70. The predicted molar refractivity (Wildman–Crippen MR) is 110 cm³/mol. The number of nitrogens with one attached hydrogen (secondary N) is 1. The number of hydrogen-bond acceptors (Lipinski definition) is 6.